The Morgan fingerprint density at radius 1 is 0.971 bits per heavy atom. The van der Waals surface area contributed by atoms with Gasteiger partial charge in [0.2, 0.25) is 0 Å². The quantitative estimate of drug-likeness (QED) is 0.420. The molecule has 0 aliphatic carbocycles. The Bertz CT molecular complexity index is 1530. The SMILES string of the molecule is CCn1nc(C(=O)Nc2cccc(S(=O)(=O)Nc3ccc(OC)cc3)c2)c2ccccc2c1=O. The summed E-state index contributed by atoms with van der Waals surface area (Å²) in [6.07, 6.45) is 0. The summed E-state index contributed by atoms with van der Waals surface area (Å²) in [6, 6.07) is 19.0. The fraction of sp³-hybridized carbons (Fsp3) is 0.125. The molecular weight excluding hydrogens is 456 g/mol. The van der Waals surface area contributed by atoms with Gasteiger partial charge in [0, 0.05) is 23.3 Å². The van der Waals surface area contributed by atoms with Crippen LogP contribution in [0, 0.1) is 0 Å². The number of ether oxygens (including phenoxy) is 1. The van der Waals surface area contributed by atoms with E-state index in [0.717, 1.165) is 0 Å². The zero-order chi connectivity index (χ0) is 24.3. The molecule has 0 aliphatic rings. The topological polar surface area (TPSA) is 119 Å². The number of carbonyl (C=O) groups excluding carboxylic acids is 1. The largest absolute Gasteiger partial charge is 0.497 e. The standard InChI is InChI=1S/C24H22N4O5S/c1-3-28-24(30)21-10-5-4-9-20(21)22(26-28)23(29)25-17-7-6-8-19(15-17)34(31,32)27-16-11-13-18(33-2)14-12-16/h4-15,27H,3H2,1-2H3,(H,25,29). The van der Waals surface area contributed by atoms with E-state index in [1.165, 1.54) is 30.0 Å². The van der Waals surface area contributed by atoms with Gasteiger partial charge in [0.1, 0.15) is 5.75 Å². The Morgan fingerprint density at radius 3 is 2.35 bits per heavy atom. The van der Waals surface area contributed by atoms with Crippen molar-refractivity contribution in [2.75, 3.05) is 17.1 Å². The second-order valence-corrected chi connectivity index (χ2v) is 9.01. The van der Waals surface area contributed by atoms with E-state index in [1.54, 1.807) is 61.5 Å². The molecule has 1 amide bonds. The third kappa shape index (κ3) is 4.62. The van der Waals surface area contributed by atoms with Crippen LogP contribution in [0.3, 0.4) is 0 Å². The van der Waals surface area contributed by atoms with Crippen LogP contribution in [0.1, 0.15) is 17.4 Å². The fourth-order valence-electron chi connectivity index (χ4n) is 3.42. The smallest absolute Gasteiger partial charge is 0.276 e. The Hall–Kier alpha value is -4.18. The zero-order valence-electron chi connectivity index (χ0n) is 18.5. The van der Waals surface area contributed by atoms with Crippen molar-refractivity contribution >= 4 is 38.1 Å². The molecule has 0 fully saturated rings. The van der Waals surface area contributed by atoms with Crippen LogP contribution in [-0.4, -0.2) is 31.2 Å². The highest BCUT2D eigenvalue weighted by atomic mass is 32.2. The van der Waals surface area contributed by atoms with Crippen LogP contribution in [0.2, 0.25) is 0 Å². The van der Waals surface area contributed by atoms with Gasteiger partial charge < -0.3 is 10.1 Å². The van der Waals surface area contributed by atoms with E-state index < -0.39 is 15.9 Å². The van der Waals surface area contributed by atoms with Gasteiger partial charge in [-0.05, 0) is 55.5 Å². The number of hydrogen-bond donors (Lipinski definition) is 2. The van der Waals surface area contributed by atoms with Crippen LogP contribution in [0.25, 0.3) is 10.8 Å². The summed E-state index contributed by atoms with van der Waals surface area (Å²) in [6.45, 7) is 2.06. The average molecular weight is 479 g/mol. The molecule has 2 N–H and O–H groups in total. The van der Waals surface area contributed by atoms with E-state index in [9.17, 15) is 18.0 Å². The molecule has 0 saturated heterocycles. The number of sulfonamides is 1. The first-order valence-corrected chi connectivity index (χ1v) is 11.9. The number of methoxy groups -OCH3 is 1. The number of fused-ring (bicyclic) bond motifs is 1. The monoisotopic (exact) mass is 478 g/mol. The van der Waals surface area contributed by atoms with Gasteiger partial charge in [-0.25, -0.2) is 13.1 Å². The molecule has 10 heteroatoms. The van der Waals surface area contributed by atoms with E-state index in [0.29, 0.717) is 28.8 Å². The maximum atomic E-state index is 13.1. The second-order valence-electron chi connectivity index (χ2n) is 7.33. The summed E-state index contributed by atoms with van der Waals surface area (Å²) in [5.41, 5.74) is 0.421. The summed E-state index contributed by atoms with van der Waals surface area (Å²) in [7, 11) is -2.39. The third-order valence-electron chi connectivity index (χ3n) is 5.13. The van der Waals surface area contributed by atoms with Gasteiger partial charge in [-0.2, -0.15) is 5.10 Å². The van der Waals surface area contributed by atoms with E-state index >= 15 is 0 Å². The molecule has 1 heterocycles. The molecule has 4 rings (SSSR count). The van der Waals surface area contributed by atoms with Gasteiger partial charge in [0.25, 0.3) is 21.5 Å². The molecular formula is C24H22N4O5S. The van der Waals surface area contributed by atoms with Crippen LogP contribution < -0.4 is 20.3 Å². The van der Waals surface area contributed by atoms with Crippen molar-refractivity contribution in [1.82, 2.24) is 9.78 Å². The van der Waals surface area contributed by atoms with Crippen molar-refractivity contribution < 1.29 is 17.9 Å². The van der Waals surface area contributed by atoms with Gasteiger partial charge >= 0.3 is 0 Å². The van der Waals surface area contributed by atoms with Crippen molar-refractivity contribution in [3.8, 4) is 5.75 Å². The van der Waals surface area contributed by atoms with Gasteiger partial charge in [0.05, 0.1) is 17.4 Å². The lowest BCUT2D eigenvalue weighted by atomic mass is 10.1. The summed E-state index contributed by atoms with van der Waals surface area (Å²) in [4.78, 5) is 25.5. The molecule has 1 aromatic heterocycles. The Kier molecular flexibility index (Phi) is 6.33. The minimum Gasteiger partial charge on any atom is -0.497 e. The van der Waals surface area contributed by atoms with Crippen molar-refractivity contribution in [2.45, 2.75) is 18.4 Å². The first kappa shape index (κ1) is 23.0. The molecule has 174 valence electrons. The number of nitrogens with one attached hydrogen (secondary N) is 2. The number of benzene rings is 3. The maximum Gasteiger partial charge on any atom is 0.276 e. The molecule has 0 unspecified atom stereocenters. The molecule has 0 spiro atoms. The highest BCUT2D eigenvalue weighted by Crippen LogP contribution is 2.22. The summed E-state index contributed by atoms with van der Waals surface area (Å²) in [5, 5.41) is 7.69. The first-order valence-electron chi connectivity index (χ1n) is 10.4. The summed E-state index contributed by atoms with van der Waals surface area (Å²) >= 11 is 0. The van der Waals surface area contributed by atoms with E-state index in [1.807, 2.05) is 0 Å². The Morgan fingerprint density at radius 2 is 1.68 bits per heavy atom. The number of aromatic nitrogens is 2. The lowest BCUT2D eigenvalue weighted by Crippen LogP contribution is -2.27. The second kappa shape index (κ2) is 9.36. The zero-order valence-corrected chi connectivity index (χ0v) is 19.3. The van der Waals surface area contributed by atoms with Crippen LogP contribution in [0.4, 0.5) is 11.4 Å². The number of hydrogen-bond acceptors (Lipinski definition) is 6. The third-order valence-corrected chi connectivity index (χ3v) is 6.51. The van der Waals surface area contributed by atoms with E-state index in [2.05, 4.69) is 15.1 Å². The highest BCUT2D eigenvalue weighted by Gasteiger charge is 2.19. The van der Waals surface area contributed by atoms with Crippen LogP contribution in [-0.2, 0) is 16.6 Å². The predicted octanol–water partition coefficient (Wildman–Crippen LogP) is 3.48. The van der Waals surface area contributed by atoms with Gasteiger partial charge in [-0.15, -0.1) is 0 Å². The first-order chi connectivity index (χ1) is 16.3. The lowest BCUT2D eigenvalue weighted by Gasteiger charge is -2.12. The van der Waals surface area contributed by atoms with Crippen LogP contribution >= 0.6 is 0 Å². The van der Waals surface area contributed by atoms with E-state index in [4.69, 9.17) is 4.74 Å². The number of amides is 1. The predicted molar refractivity (Wildman–Crippen MR) is 130 cm³/mol. The molecule has 0 bridgehead atoms. The van der Waals surface area contributed by atoms with Gasteiger partial charge in [-0.3, -0.25) is 14.3 Å². The highest BCUT2D eigenvalue weighted by molar-refractivity contribution is 7.92. The van der Waals surface area contributed by atoms with Gasteiger partial charge in [0.15, 0.2) is 5.69 Å². The van der Waals surface area contributed by atoms with Crippen molar-refractivity contribution in [3.63, 3.8) is 0 Å². The number of anilines is 2. The fourth-order valence-corrected chi connectivity index (χ4v) is 4.53. The number of aryl methyl sites for hydroxylation is 1. The van der Waals surface area contributed by atoms with Crippen molar-refractivity contribution in [2.24, 2.45) is 0 Å². The van der Waals surface area contributed by atoms with Crippen LogP contribution in [0.15, 0.2) is 82.5 Å². The molecule has 4 aromatic rings. The molecule has 34 heavy (non-hydrogen) atoms. The average Bonchev–Trinajstić information content (AvgIpc) is 2.85. The van der Waals surface area contributed by atoms with Crippen molar-refractivity contribution in [1.29, 1.82) is 0 Å². The Labute approximate surface area is 196 Å². The van der Waals surface area contributed by atoms with Crippen molar-refractivity contribution in [3.05, 3.63) is 88.8 Å². The van der Waals surface area contributed by atoms with E-state index in [-0.39, 0.29) is 21.8 Å². The van der Waals surface area contributed by atoms with Gasteiger partial charge in [-0.1, -0.05) is 24.3 Å². The molecule has 9 nitrogen and oxygen atoms in total. The van der Waals surface area contributed by atoms with Crippen LogP contribution in [0.5, 0.6) is 5.75 Å². The Balaban J connectivity index is 1.62. The lowest BCUT2D eigenvalue weighted by molar-refractivity contribution is 0.102. The minimum absolute atomic E-state index is 0.0301. The minimum atomic E-state index is -3.91. The normalized spacial score (nSPS) is 11.2. The summed E-state index contributed by atoms with van der Waals surface area (Å²) < 4.78 is 34.5. The summed E-state index contributed by atoms with van der Waals surface area (Å²) in [5.74, 6) is 0.0410. The molecule has 0 atom stereocenters. The molecule has 0 saturated carbocycles. The molecule has 0 aliphatic heterocycles. The number of rotatable bonds is 7. The number of carbonyl (C=O) groups is 1. The number of nitrogens with zero attached hydrogens (tertiary/aromatic N) is 2. The molecule has 3 aromatic carbocycles. The maximum absolute atomic E-state index is 13.1. The molecule has 0 radical (unpaired) electrons.